The number of sulfonamides is 1. The predicted molar refractivity (Wildman–Crippen MR) is 87.9 cm³/mol. The van der Waals surface area contributed by atoms with E-state index in [1.54, 1.807) is 12.1 Å². The van der Waals surface area contributed by atoms with E-state index in [1.807, 2.05) is 13.8 Å². The van der Waals surface area contributed by atoms with Crippen molar-refractivity contribution < 1.29 is 13.2 Å². The van der Waals surface area contributed by atoms with E-state index in [0.29, 0.717) is 18.2 Å². The van der Waals surface area contributed by atoms with Crippen molar-refractivity contribution in [1.29, 1.82) is 0 Å². The summed E-state index contributed by atoms with van der Waals surface area (Å²) in [5.41, 5.74) is 1.96. The van der Waals surface area contributed by atoms with Crippen LogP contribution in [0.1, 0.15) is 24.0 Å². The summed E-state index contributed by atoms with van der Waals surface area (Å²) in [4.78, 5) is 2.50. The van der Waals surface area contributed by atoms with Gasteiger partial charge >= 0.3 is 0 Å². The van der Waals surface area contributed by atoms with Gasteiger partial charge in [-0.25, -0.2) is 13.1 Å². The molecule has 1 aliphatic rings. The first-order chi connectivity index (χ1) is 10.3. The average Bonchev–Trinajstić information content (AvgIpc) is 2.49. The number of nitrogens with zero attached hydrogens (tertiary/aromatic N) is 1. The highest BCUT2D eigenvalue weighted by Gasteiger charge is 2.23. The van der Waals surface area contributed by atoms with Crippen molar-refractivity contribution in [2.45, 2.75) is 31.6 Å². The van der Waals surface area contributed by atoms with Crippen LogP contribution >= 0.6 is 0 Å². The Hall–Kier alpha value is -1.11. The van der Waals surface area contributed by atoms with Crippen LogP contribution in [-0.2, 0) is 10.0 Å². The molecule has 6 heteroatoms. The van der Waals surface area contributed by atoms with Crippen LogP contribution in [0.3, 0.4) is 0 Å². The van der Waals surface area contributed by atoms with Gasteiger partial charge < -0.3 is 9.64 Å². The largest absolute Gasteiger partial charge is 0.495 e. The van der Waals surface area contributed by atoms with Gasteiger partial charge in [0.05, 0.1) is 7.11 Å². The number of piperidine rings is 1. The average molecular weight is 326 g/mol. The summed E-state index contributed by atoms with van der Waals surface area (Å²) < 4.78 is 33.2. The normalized spacial score (nSPS) is 17.6. The zero-order chi connectivity index (χ0) is 16.3. The lowest BCUT2D eigenvalue weighted by atomic mass is 9.98. The van der Waals surface area contributed by atoms with Crippen molar-refractivity contribution in [2.75, 3.05) is 33.8 Å². The quantitative estimate of drug-likeness (QED) is 0.898. The van der Waals surface area contributed by atoms with E-state index in [4.69, 9.17) is 4.74 Å². The summed E-state index contributed by atoms with van der Waals surface area (Å²) in [5.74, 6) is 0.808. The number of hydrogen-bond acceptors (Lipinski definition) is 4. The van der Waals surface area contributed by atoms with Gasteiger partial charge in [-0.15, -0.1) is 0 Å². The lowest BCUT2D eigenvalue weighted by Gasteiger charge is -2.29. The SMILES string of the molecule is COc1cc(C)c(C)cc1S(=O)(=O)NCC1CCN(C)CC1. The van der Waals surface area contributed by atoms with Gasteiger partial charge in [-0.2, -0.15) is 0 Å². The van der Waals surface area contributed by atoms with Crippen LogP contribution in [0.2, 0.25) is 0 Å². The molecule has 1 aliphatic heterocycles. The Balaban J connectivity index is 2.12. The first-order valence-electron chi connectivity index (χ1n) is 7.67. The van der Waals surface area contributed by atoms with Crippen molar-refractivity contribution in [3.63, 3.8) is 0 Å². The maximum Gasteiger partial charge on any atom is 0.244 e. The van der Waals surface area contributed by atoms with Gasteiger partial charge in [0.25, 0.3) is 0 Å². The predicted octanol–water partition coefficient (Wildman–Crippen LogP) is 1.93. The highest BCUT2D eigenvalue weighted by molar-refractivity contribution is 7.89. The Kier molecular flexibility index (Phi) is 5.47. The number of nitrogens with one attached hydrogen (secondary N) is 1. The lowest BCUT2D eigenvalue weighted by molar-refractivity contribution is 0.220. The standard InChI is InChI=1S/C16H26N2O3S/c1-12-9-15(21-4)16(10-13(12)2)22(19,20)17-11-14-5-7-18(3)8-6-14/h9-10,14,17H,5-8,11H2,1-4H3. The highest BCUT2D eigenvalue weighted by Crippen LogP contribution is 2.27. The zero-order valence-electron chi connectivity index (χ0n) is 13.8. The van der Waals surface area contributed by atoms with Crippen molar-refractivity contribution in [2.24, 2.45) is 5.92 Å². The van der Waals surface area contributed by atoms with Gasteiger partial charge in [-0.05, 0) is 76.0 Å². The Morgan fingerprint density at radius 3 is 2.41 bits per heavy atom. The van der Waals surface area contributed by atoms with Crippen LogP contribution in [-0.4, -0.2) is 47.1 Å². The Morgan fingerprint density at radius 2 is 1.82 bits per heavy atom. The molecule has 0 unspecified atom stereocenters. The number of ether oxygens (including phenoxy) is 1. The Bertz CT molecular complexity index is 621. The van der Waals surface area contributed by atoms with Crippen LogP contribution in [0.25, 0.3) is 0 Å². The summed E-state index contributed by atoms with van der Waals surface area (Å²) in [6.07, 6.45) is 2.06. The number of rotatable bonds is 5. The summed E-state index contributed by atoms with van der Waals surface area (Å²) >= 11 is 0. The number of benzene rings is 1. The van der Waals surface area contributed by atoms with Crippen LogP contribution < -0.4 is 9.46 Å². The highest BCUT2D eigenvalue weighted by atomic mass is 32.2. The molecule has 0 saturated carbocycles. The number of hydrogen-bond donors (Lipinski definition) is 1. The van der Waals surface area contributed by atoms with Crippen molar-refractivity contribution >= 4 is 10.0 Å². The molecular formula is C16H26N2O3S. The van der Waals surface area contributed by atoms with Gasteiger partial charge in [0.1, 0.15) is 10.6 Å². The first kappa shape index (κ1) is 17.2. The van der Waals surface area contributed by atoms with Gasteiger partial charge in [0.15, 0.2) is 0 Å². The van der Waals surface area contributed by atoms with Crippen molar-refractivity contribution in [1.82, 2.24) is 9.62 Å². The first-order valence-corrected chi connectivity index (χ1v) is 9.15. The summed E-state index contributed by atoms with van der Waals surface area (Å²) in [6.45, 7) is 6.40. The van der Waals surface area contributed by atoms with E-state index in [9.17, 15) is 8.42 Å². The fourth-order valence-electron chi connectivity index (χ4n) is 2.70. The minimum absolute atomic E-state index is 0.228. The molecule has 0 bridgehead atoms. The molecular weight excluding hydrogens is 300 g/mol. The molecule has 1 heterocycles. The minimum atomic E-state index is -3.54. The molecule has 0 radical (unpaired) electrons. The monoisotopic (exact) mass is 326 g/mol. The molecule has 0 spiro atoms. The van der Waals surface area contributed by atoms with Gasteiger partial charge in [0, 0.05) is 6.54 Å². The summed E-state index contributed by atoms with van der Waals surface area (Å²) in [5, 5.41) is 0. The summed E-state index contributed by atoms with van der Waals surface area (Å²) in [7, 11) is 0.0538. The number of methoxy groups -OCH3 is 1. The molecule has 124 valence electrons. The second kappa shape index (κ2) is 6.98. The smallest absolute Gasteiger partial charge is 0.244 e. The second-order valence-corrected chi connectivity index (χ2v) is 7.92. The number of aryl methyl sites for hydroxylation is 2. The molecule has 1 aromatic rings. The third kappa shape index (κ3) is 4.00. The molecule has 1 N–H and O–H groups in total. The maximum atomic E-state index is 12.6. The molecule has 1 fully saturated rings. The molecule has 22 heavy (non-hydrogen) atoms. The van der Waals surface area contributed by atoms with E-state index >= 15 is 0 Å². The van der Waals surface area contributed by atoms with E-state index in [2.05, 4.69) is 16.7 Å². The topological polar surface area (TPSA) is 58.6 Å². The van der Waals surface area contributed by atoms with E-state index in [1.165, 1.54) is 7.11 Å². The molecule has 5 nitrogen and oxygen atoms in total. The van der Waals surface area contributed by atoms with Crippen LogP contribution in [0, 0.1) is 19.8 Å². The molecule has 2 rings (SSSR count). The Morgan fingerprint density at radius 1 is 1.23 bits per heavy atom. The summed E-state index contributed by atoms with van der Waals surface area (Å²) in [6, 6.07) is 3.46. The van der Waals surface area contributed by atoms with Crippen LogP contribution in [0.5, 0.6) is 5.75 Å². The molecule has 0 aromatic heterocycles. The van der Waals surface area contributed by atoms with Crippen LogP contribution in [0.15, 0.2) is 17.0 Å². The molecule has 0 aliphatic carbocycles. The Labute approximate surface area is 133 Å². The number of likely N-dealkylation sites (tertiary alicyclic amines) is 1. The third-order valence-electron chi connectivity index (χ3n) is 4.47. The van der Waals surface area contributed by atoms with E-state index < -0.39 is 10.0 Å². The fourth-order valence-corrected chi connectivity index (χ4v) is 4.05. The fraction of sp³-hybridized carbons (Fsp3) is 0.625. The molecule has 1 saturated heterocycles. The van der Waals surface area contributed by atoms with Crippen molar-refractivity contribution in [3.8, 4) is 5.75 Å². The van der Waals surface area contributed by atoms with E-state index in [-0.39, 0.29) is 4.90 Å². The minimum Gasteiger partial charge on any atom is -0.495 e. The van der Waals surface area contributed by atoms with Crippen LogP contribution in [0.4, 0.5) is 0 Å². The molecule has 0 atom stereocenters. The van der Waals surface area contributed by atoms with Crippen molar-refractivity contribution in [3.05, 3.63) is 23.3 Å². The molecule has 1 aromatic carbocycles. The lowest BCUT2D eigenvalue weighted by Crippen LogP contribution is -2.37. The zero-order valence-corrected chi connectivity index (χ0v) is 14.7. The van der Waals surface area contributed by atoms with E-state index in [0.717, 1.165) is 37.1 Å². The third-order valence-corrected chi connectivity index (χ3v) is 5.91. The van der Waals surface area contributed by atoms with Gasteiger partial charge in [-0.1, -0.05) is 0 Å². The maximum absolute atomic E-state index is 12.6. The molecule has 0 amide bonds. The van der Waals surface area contributed by atoms with Gasteiger partial charge in [-0.3, -0.25) is 0 Å². The van der Waals surface area contributed by atoms with Gasteiger partial charge in [0.2, 0.25) is 10.0 Å². The second-order valence-electron chi connectivity index (χ2n) is 6.19.